The van der Waals surface area contributed by atoms with Crippen LogP contribution in [0.2, 0.25) is 0 Å². The highest BCUT2D eigenvalue weighted by Gasteiger charge is 2.32. The Hall–Kier alpha value is -1.23. The summed E-state index contributed by atoms with van der Waals surface area (Å²) in [7, 11) is -3.19. The maximum atomic E-state index is 11.9. The minimum Gasteiger partial charge on any atom is -0.352 e. The highest BCUT2D eigenvalue weighted by molar-refractivity contribution is 8.01. The largest absolute Gasteiger partial charge is 0.352 e. The summed E-state index contributed by atoms with van der Waals surface area (Å²) < 4.78 is 23.9. The van der Waals surface area contributed by atoms with E-state index >= 15 is 0 Å². The first-order valence-corrected chi connectivity index (χ1v) is 9.34. The number of sulfone groups is 1. The van der Waals surface area contributed by atoms with Gasteiger partial charge in [-0.2, -0.15) is 17.0 Å². The number of thioether (sulfide) groups is 1. The Morgan fingerprint density at radius 1 is 1.55 bits per heavy atom. The molecule has 2 rings (SSSR count). The van der Waals surface area contributed by atoms with Crippen LogP contribution in [0.25, 0.3) is 0 Å². The number of rotatable bonds is 3. The van der Waals surface area contributed by atoms with Crippen LogP contribution in [0.5, 0.6) is 0 Å². The van der Waals surface area contributed by atoms with E-state index in [2.05, 4.69) is 6.07 Å². The van der Waals surface area contributed by atoms with Gasteiger partial charge < -0.3 is 10.6 Å². The SMILES string of the molecule is CS(=O)(=O)C1CSCCN1c1ccc(CN)cc1C#N. The Morgan fingerprint density at radius 3 is 2.90 bits per heavy atom. The molecule has 1 fully saturated rings. The molecule has 1 aliphatic rings. The third-order valence-corrected chi connectivity index (χ3v) is 5.95. The summed E-state index contributed by atoms with van der Waals surface area (Å²) in [5.74, 6) is 1.39. The van der Waals surface area contributed by atoms with Crippen molar-refractivity contribution in [2.45, 2.75) is 11.9 Å². The van der Waals surface area contributed by atoms with Gasteiger partial charge in [0.05, 0.1) is 11.3 Å². The van der Waals surface area contributed by atoms with Gasteiger partial charge in [0.2, 0.25) is 0 Å². The smallest absolute Gasteiger partial charge is 0.169 e. The van der Waals surface area contributed by atoms with E-state index in [-0.39, 0.29) is 0 Å². The summed E-state index contributed by atoms with van der Waals surface area (Å²) in [6.07, 6.45) is 1.25. The standard InChI is InChI=1S/C13H17N3O2S2/c1-20(17,18)13-9-19-5-4-16(13)12-3-2-10(7-14)6-11(12)8-15/h2-3,6,13H,4-5,7,9,14H2,1H3. The van der Waals surface area contributed by atoms with Gasteiger partial charge in [-0.25, -0.2) is 8.42 Å². The molecule has 1 unspecified atom stereocenters. The van der Waals surface area contributed by atoms with Crippen LogP contribution in [-0.2, 0) is 16.4 Å². The monoisotopic (exact) mass is 311 g/mol. The van der Waals surface area contributed by atoms with E-state index in [1.54, 1.807) is 23.9 Å². The van der Waals surface area contributed by atoms with Crippen LogP contribution < -0.4 is 10.6 Å². The fraction of sp³-hybridized carbons (Fsp3) is 0.462. The molecule has 0 bridgehead atoms. The van der Waals surface area contributed by atoms with Gasteiger partial charge in [-0.05, 0) is 17.7 Å². The topological polar surface area (TPSA) is 87.2 Å². The molecule has 1 aromatic carbocycles. The number of nitrogens with two attached hydrogens (primary N) is 1. The van der Waals surface area contributed by atoms with Gasteiger partial charge in [0, 0.05) is 30.9 Å². The average molecular weight is 311 g/mol. The molecule has 1 aliphatic heterocycles. The maximum absolute atomic E-state index is 11.9. The number of nitriles is 1. The van der Waals surface area contributed by atoms with Crippen molar-refractivity contribution in [3.63, 3.8) is 0 Å². The van der Waals surface area contributed by atoms with Gasteiger partial charge in [0.1, 0.15) is 11.4 Å². The first kappa shape index (κ1) is 15.2. The molecule has 1 aromatic rings. The second-order valence-electron chi connectivity index (χ2n) is 4.72. The minimum absolute atomic E-state index is 0.361. The molecule has 2 N–H and O–H groups in total. The molecule has 1 heterocycles. The van der Waals surface area contributed by atoms with Crippen molar-refractivity contribution < 1.29 is 8.42 Å². The lowest BCUT2D eigenvalue weighted by molar-refractivity contribution is 0.584. The van der Waals surface area contributed by atoms with E-state index < -0.39 is 15.2 Å². The van der Waals surface area contributed by atoms with Crippen LogP contribution >= 0.6 is 11.8 Å². The molecule has 0 radical (unpaired) electrons. The lowest BCUT2D eigenvalue weighted by atomic mass is 10.1. The Labute approximate surface area is 123 Å². The zero-order valence-electron chi connectivity index (χ0n) is 11.2. The van der Waals surface area contributed by atoms with E-state index in [0.717, 1.165) is 11.3 Å². The molecule has 1 saturated heterocycles. The highest BCUT2D eigenvalue weighted by atomic mass is 32.2. The Balaban J connectivity index is 2.45. The molecule has 5 nitrogen and oxygen atoms in total. The van der Waals surface area contributed by atoms with E-state index in [1.165, 1.54) is 6.26 Å². The van der Waals surface area contributed by atoms with Crippen molar-refractivity contribution in [3.8, 4) is 6.07 Å². The molecule has 0 aliphatic carbocycles. The first-order valence-electron chi connectivity index (χ1n) is 6.23. The molecule has 108 valence electrons. The number of anilines is 1. The first-order chi connectivity index (χ1) is 9.47. The highest BCUT2D eigenvalue weighted by Crippen LogP contribution is 2.29. The van der Waals surface area contributed by atoms with Crippen LogP contribution in [-0.4, -0.2) is 38.1 Å². The van der Waals surface area contributed by atoms with Crippen molar-refractivity contribution >= 4 is 27.3 Å². The molecular weight excluding hydrogens is 294 g/mol. The third kappa shape index (κ3) is 3.08. The zero-order chi connectivity index (χ0) is 14.8. The van der Waals surface area contributed by atoms with E-state index in [4.69, 9.17) is 5.73 Å². The second-order valence-corrected chi connectivity index (χ2v) is 8.07. The summed E-state index contributed by atoms with van der Waals surface area (Å²) >= 11 is 1.63. The predicted octanol–water partition coefficient (Wildman–Crippen LogP) is 0.941. The predicted molar refractivity (Wildman–Crippen MR) is 82.4 cm³/mol. The molecule has 20 heavy (non-hydrogen) atoms. The van der Waals surface area contributed by atoms with Crippen LogP contribution in [0, 0.1) is 11.3 Å². The summed E-state index contributed by atoms with van der Waals surface area (Å²) in [5, 5.41) is 8.71. The van der Waals surface area contributed by atoms with Gasteiger partial charge in [-0.15, -0.1) is 0 Å². The molecular formula is C13H17N3O2S2. The number of hydrogen-bond acceptors (Lipinski definition) is 6. The van der Waals surface area contributed by atoms with Crippen molar-refractivity contribution in [1.29, 1.82) is 5.26 Å². The summed E-state index contributed by atoms with van der Waals surface area (Å²) in [5.41, 5.74) is 7.61. The van der Waals surface area contributed by atoms with Gasteiger partial charge in [-0.3, -0.25) is 0 Å². The Morgan fingerprint density at radius 2 is 2.30 bits per heavy atom. The van der Waals surface area contributed by atoms with Crippen molar-refractivity contribution in [2.24, 2.45) is 5.73 Å². The summed E-state index contributed by atoms with van der Waals surface area (Å²) in [4.78, 5) is 1.82. The van der Waals surface area contributed by atoms with Crippen LogP contribution in [0.1, 0.15) is 11.1 Å². The molecule has 0 saturated carbocycles. The van der Waals surface area contributed by atoms with E-state index in [0.29, 0.717) is 30.1 Å². The number of benzene rings is 1. The lowest BCUT2D eigenvalue weighted by Crippen LogP contribution is -2.47. The Kier molecular flexibility index (Phi) is 4.58. The summed E-state index contributed by atoms with van der Waals surface area (Å²) in [6.45, 7) is 0.985. The number of hydrogen-bond donors (Lipinski definition) is 1. The minimum atomic E-state index is -3.19. The van der Waals surface area contributed by atoms with Crippen molar-refractivity contribution in [2.75, 3.05) is 29.2 Å². The third-order valence-electron chi connectivity index (χ3n) is 3.31. The second kappa shape index (κ2) is 6.04. The van der Waals surface area contributed by atoms with Crippen molar-refractivity contribution in [1.82, 2.24) is 0 Å². The molecule has 0 aromatic heterocycles. The molecule has 0 spiro atoms. The Bertz CT molecular complexity index is 638. The van der Waals surface area contributed by atoms with Gasteiger partial charge in [0.25, 0.3) is 0 Å². The average Bonchev–Trinajstić information content (AvgIpc) is 2.45. The van der Waals surface area contributed by atoms with Crippen molar-refractivity contribution in [3.05, 3.63) is 29.3 Å². The zero-order valence-corrected chi connectivity index (χ0v) is 12.9. The fourth-order valence-corrected chi connectivity index (χ4v) is 5.09. The van der Waals surface area contributed by atoms with Crippen LogP contribution in [0.3, 0.4) is 0 Å². The maximum Gasteiger partial charge on any atom is 0.169 e. The van der Waals surface area contributed by atoms with Crippen LogP contribution in [0.4, 0.5) is 5.69 Å². The molecule has 1 atom stereocenters. The van der Waals surface area contributed by atoms with Crippen LogP contribution in [0.15, 0.2) is 18.2 Å². The normalized spacial score (nSPS) is 19.6. The number of nitrogens with zero attached hydrogens (tertiary/aromatic N) is 2. The quantitative estimate of drug-likeness (QED) is 0.894. The van der Waals surface area contributed by atoms with E-state index in [1.807, 2.05) is 11.0 Å². The van der Waals surface area contributed by atoms with Gasteiger partial charge in [-0.1, -0.05) is 6.07 Å². The van der Waals surface area contributed by atoms with E-state index in [9.17, 15) is 13.7 Å². The fourth-order valence-electron chi connectivity index (χ4n) is 2.26. The van der Waals surface area contributed by atoms with Gasteiger partial charge >= 0.3 is 0 Å². The molecule has 7 heteroatoms. The molecule has 0 amide bonds. The summed E-state index contributed by atoms with van der Waals surface area (Å²) in [6, 6.07) is 7.52. The van der Waals surface area contributed by atoms with Gasteiger partial charge in [0.15, 0.2) is 9.84 Å². The lowest BCUT2D eigenvalue weighted by Gasteiger charge is -2.36.